The summed E-state index contributed by atoms with van der Waals surface area (Å²) in [4.78, 5) is 0.145. The highest BCUT2D eigenvalue weighted by atomic mass is 32.2. The Balaban J connectivity index is 1.40. The molecule has 0 aromatic heterocycles. The van der Waals surface area contributed by atoms with Crippen LogP contribution in [0.15, 0.2) is 71.0 Å². The SMILES string of the molecule is C=CCOCC(O)COCC(COc1ccc(S(=O)(=O)c2ccc(OC)cc2)cc1)OCC(COCC(O)CC(C)C)OC[C@@H](O)COCC1OC(COCC)C(O)C(O)C1COCC1OC(CO)C(CCC)C(O)C1O. The third-order valence-electron chi connectivity index (χ3n) is 13.0. The molecule has 15 atom stereocenters. The van der Waals surface area contributed by atoms with E-state index in [0.29, 0.717) is 37.4 Å². The molecule has 2 aromatic carbocycles. The zero-order valence-electron chi connectivity index (χ0n) is 45.3. The van der Waals surface area contributed by atoms with Crippen molar-refractivity contribution in [1.82, 2.24) is 0 Å². The van der Waals surface area contributed by atoms with Crippen molar-refractivity contribution < 1.29 is 106 Å². The first-order valence-electron chi connectivity index (χ1n) is 26.6. The summed E-state index contributed by atoms with van der Waals surface area (Å²) in [5, 5.41) is 86.1. The average Bonchev–Trinajstić information content (AvgIpc) is 3.41. The number of rotatable bonds is 40. The summed E-state index contributed by atoms with van der Waals surface area (Å²) in [5.74, 6) is -0.252. The van der Waals surface area contributed by atoms with Crippen LogP contribution >= 0.6 is 0 Å². The second kappa shape index (κ2) is 35.7. The lowest BCUT2D eigenvalue weighted by Gasteiger charge is -2.44. The van der Waals surface area contributed by atoms with E-state index in [9.17, 15) is 49.3 Å². The van der Waals surface area contributed by atoms with E-state index in [0.717, 1.165) is 0 Å². The molecule has 0 amide bonds. The standard InChI is InChI=1S/C54H88O22S/c1-7-10-45-47(21-55)75-50(53(61)51(45)59)34-71-31-46-48(76-49(33-66-9-3)54(62)52(46)60)32-70-25-38(58)26-72-41(27-68-22-36(56)20-35(4)5)30-74-42(28-69-24-37(57)23-67-19-8-2)29-73-40-13-17-44(18-14-40)77(63,64)43-15-11-39(65-6)12-16-43/h8,11-18,35-38,41-42,45-62H,2,7,9-10,19-34H2,1,3-6H3/t36?,37?,38-,41?,42?,45?,46?,47?,48?,49?,50?,51?,52?,53?,54?/m0/s1. The first-order valence-corrected chi connectivity index (χ1v) is 28.0. The summed E-state index contributed by atoms with van der Waals surface area (Å²) in [6.45, 7) is 10.0. The van der Waals surface area contributed by atoms with E-state index in [4.69, 9.17) is 56.8 Å². The third-order valence-corrected chi connectivity index (χ3v) is 14.8. The lowest BCUT2D eigenvalue weighted by atomic mass is 9.84. The Morgan fingerprint density at radius 1 is 0.584 bits per heavy atom. The zero-order valence-corrected chi connectivity index (χ0v) is 46.1. The molecular formula is C54H88O22S. The lowest BCUT2D eigenvalue weighted by molar-refractivity contribution is -0.243. The van der Waals surface area contributed by atoms with Crippen LogP contribution in [0.25, 0.3) is 0 Å². The van der Waals surface area contributed by atoms with E-state index >= 15 is 0 Å². The second-order valence-corrected chi connectivity index (χ2v) is 21.7. The Kier molecular flexibility index (Phi) is 30.8. The van der Waals surface area contributed by atoms with Gasteiger partial charge < -0.3 is 97.7 Å². The third kappa shape index (κ3) is 22.5. The number of benzene rings is 2. The number of aliphatic hydroxyl groups is 8. The molecule has 0 spiro atoms. The van der Waals surface area contributed by atoms with Gasteiger partial charge in [0.15, 0.2) is 0 Å². The molecule has 4 rings (SSSR count). The van der Waals surface area contributed by atoms with Gasteiger partial charge in [-0.3, -0.25) is 0 Å². The van der Waals surface area contributed by atoms with Gasteiger partial charge in [0.25, 0.3) is 0 Å². The molecule has 2 aliphatic rings. The molecule has 2 saturated heterocycles. The Morgan fingerprint density at radius 3 is 1.69 bits per heavy atom. The van der Waals surface area contributed by atoms with Crippen LogP contribution in [0.2, 0.25) is 0 Å². The minimum atomic E-state index is -3.84. The summed E-state index contributed by atoms with van der Waals surface area (Å²) in [6.07, 6.45) is -9.79. The normalized spacial score (nSPS) is 26.0. The maximum atomic E-state index is 13.3. The van der Waals surface area contributed by atoms with Crippen LogP contribution in [0.4, 0.5) is 0 Å². The van der Waals surface area contributed by atoms with Crippen LogP contribution in [0.3, 0.4) is 0 Å². The molecule has 2 aromatic rings. The fraction of sp³-hybridized carbons (Fsp3) is 0.741. The highest BCUT2D eigenvalue weighted by Crippen LogP contribution is 2.32. The van der Waals surface area contributed by atoms with E-state index < -0.39 is 101 Å². The Bertz CT molecular complexity index is 1980. The Hall–Kier alpha value is -2.99. The molecule has 0 bridgehead atoms. The maximum Gasteiger partial charge on any atom is 0.206 e. The van der Waals surface area contributed by atoms with Crippen molar-refractivity contribution in [3.63, 3.8) is 0 Å². The number of hydrogen-bond donors (Lipinski definition) is 8. The molecule has 0 radical (unpaired) electrons. The number of methoxy groups -OCH3 is 1. The van der Waals surface area contributed by atoms with Crippen LogP contribution in [-0.4, -0.2) is 241 Å². The van der Waals surface area contributed by atoms with Crippen LogP contribution in [0.1, 0.15) is 47.0 Å². The van der Waals surface area contributed by atoms with Gasteiger partial charge in [0.05, 0.1) is 140 Å². The lowest BCUT2D eigenvalue weighted by Crippen LogP contribution is -2.59. The van der Waals surface area contributed by atoms with Gasteiger partial charge in [-0.25, -0.2) is 8.42 Å². The van der Waals surface area contributed by atoms with Crippen LogP contribution in [0.5, 0.6) is 11.5 Å². The molecule has 77 heavy (non-hydrogen) atoms. The van der Waals surface area contributed by atoms with Gasteiger partial charge in [-0.2, -0.15) is 0 Å². The zero-order chi connectivity index (χ0) is 56.3. The molecule has 442 valence electrons. The molecule has 14 unspecified atom stereocenters. The van der Waals surface area contributed by atoms with Crippen LogP contribution < -0.4 is 9.47 Å². The van der Waals surface area contributed by atoms with Crippen molar-refractivity contribution in [2.45, 2.75) is 136 Å². The monoisotopic (exact) mass is 1120 g/mol. The van der Waals surface area contributed by atoms with E-state index in [1.54, 1.807) is 25.1 Å². The molecule has 0 saturated carbocycles. The number of aliphatic hydroxyl groups excluding tert-OH is 8. The van der Waals surface area contributed by atoms with Crippen molar-refractivity contribution >= 4 is 9.84 Å². The predicted octanol–water partition coefficient (Wildman–Crippen LogP) is 1.11. The largest absolute Gasteiger partial charge is 0.497 e. The number of hydrogen-bond acceptors (Lipinski definition) is 22. The number of sulfone groups is 1. The second-order valence-electron chi connectivity index (χ2n) is 19.8. The van der Waals surface area contributed by atoms with Gasteiger partial charge in [0, 0.05) is 18.4 Å². The van der Waals surface area contributed by atoms with Crippen LogP contribution in [-0.2, 0) is 57.2 Å². The van der Waals surface area contributed by atoms with Crippen molar-refractivity contribution in [3.8, 4) is 11.5 Å². The highest BCUT2D eigenvalue weighted by molar-refractivity contribution is 7.91. The maximum absolute atomic E-state index is 13.3. The molecule has 0 aliphatic carbocycles. The van der Waals surface area contributed by atoms with Gasteiger partial charge in [0.2, 0.25) is 9.84 Å². The van der Waals surface area contributed by atoms with Gasteiger partial charge in [-0.1, -0.05) is 33.3 Å². The number of ether oxygens (including phenoxy) is 12. The smallest absolute Gasteiger partial charge is 0.206 e. The summed E-state index contributed by atoms with van der Waals surface area (Å²) in [5.41, 5.74) is 0. The minimum Gasteiger partial charge on any atom is -0.497 e. The summed E-state index contributed by atoms with van der Waals surface area (Å²) >= 11 is 0. The molecule has 8 N–H and O–H groups in total. The van der Waals surface area contributed by atoms with Crippen molar-refractivity contribution in [2.24, 2.45) is 17.8 Å². The molecule has 2 heterocycles. The van der Waals surface area contributed by atoms with E-state index in [-0.39, 0.29) is 115 Å². The van der Waals surface area contributed by atoms with Gasteiger partial charge in [0.1, 0.15) is 66.9 Å². The molecule has 2 aliphatic heterocycles. The average molecular weight is 1120 g/mol. The molecule has 2 fully saturated rings. The van der Waals surface area contributed by atoms with Crippen LogP contribution in [0, 0.1) is 17.8 Å². The predicted molar refractivity (Wildman–Crippen MR) is 278 cm³/mol. The van der Waals surface area contributed by atoms with E-state index in [2.05, 4.69) is 6.58 Å². The summed E-state index contributed by atoms with van der Waals surface area (Å²) in [7, 11) is -2.35. The van der Waals surface area contributed by atoms with Gasteiger partial charge in [-0.15, -0.1) is 6.58 Å². The Morgan fingerprint density at radius 2 is 1.10 bits per heavy atom. The highest BCUT2D eigenvalue weighted by Gasteiger charge is 2.46. The Labute approximate surface area is 453 Å². The first-order chi connectivity index (χ1) is 36.9. The summed E-state index contributed by atoms with van der Waals surface area (Å²) in [6, 6.07) is 11.9. The molecular weight excluding hydrogens is 1030 g/mol. The van der Waals surface area contributed by atoms with E-state index in [1.165, 1.54) is 43.5 Å². The topological polar surface area (TPSA) is 307 Å². The fourth-order valence-corrected chi connectivity index (χ4v) is 10.1. The minimum absolute atomic E-state index is 0.00502. The molecule has 22 nitrogen and oxygen atoms in total. The molecule has 23 heteroatoms. The first kappa shape index (κ1) is 66.5. The quantitative estimate of drug-likeness (QED) is 0.0342. The fourth-order valence-electron chi connectivity index (χ4n) is 8.83. The van der Waals surface area contributed by atoms with Gasteiger partial charge in [-0.05, 0) is 74.2 Å². The van der Waals surface area contributed by atoms with Crippen molar-refractivity contribution in [1.29, 1.82) is 0 Å². The summed E-state index contributed by atoms with van der Waals surface area (Å²) < 4.78 is 96.7. The van der Waals surface area contributed by atoms with E-state index in [1.807, 2.05) is 20.8 Å². The van der Waals surface area contributed by atoms with Crippen molar-refractivity contribution in [3.05, 3.63) is 61.2 Å². The van der Waals surface area contributed by atoms with Crippen molar-refractivity contribution in [2.75, 3.05) is 113 Å². The van der Waals surface area contributed by atoms with Gasteiger partial charge >= 0.3 is 0 Å².